The van der Waals surface area contributed by atoms with E-state index in [2.05, 4.69) is 31.9 Å². The van der Waals surface area contributed by atoms with Gasteiger partial charge >= 0.3 is 7.12 Å². The van der Waals surface area contributed by atoms with Crippen molar-refractivity contribution in [3.05, 3.63) is 29.8 Å². The number of hydrogen-bond acceptors (Lipinski definition) is 2. The molecular formula is C8H9BBr2O2. The summed E-state index contributed by atoms with van der Waals surface area (Å²) in [5, 5.41) is 18.5. The van der Waals surface area contributed by atoms with Gasteiger partial charge in [0.05, 0.1) is 0 Å². The van der Waals surface area contributed by atoms with Crippen LogP contribution in [-0.2, 0) is 0 Å². The molecule has 0 bridgehead atoms. The predicted octanol–water partition coefficient (Wildman–Crippen LogP) is 1.20. The van der Waals surface area contributed by atoms with Crippen LogP contribution in [0.3, 0.4) is 0 Å². The highest BCUT2D eigenvalue weighted by molar-refractivity contribution is 9.12. The van der Waals surface area contributed by atoms with Gasteiger partial charge in [-0.25, -0.2) is 0 Å². The molecule has 0 aromatic heterocycles. The van der Waals surface area contributed by atoms with E-state index < -0.39 is 7.12 Å². The van der Waals surface area contributed by atoms with Gasteiger partial charge in [0, 0.05) is 10.2 Å². The van der Waals surface area contributed by atoms with E-state index in [9.17, 15) is 0 Å². The van der Waals surface area contributed by atoms with Gasteiger partial charge in [0.2, 0.25) is 0 Å². The minimum atomic E-state index is -1.38. The Hall–Kier alpha value is 0.165. The van der Waals surface area contributed by atoms with Gasteiger partial charge in [0.25, 0.3) is 0 Å². The molecule has 0 saturated carbocycles. The molecule has 0 spiro atoms. The highest BCUT2D eigenvalue weighted by atomic mass is 79.9. The van der Waals surface area contributed by atoms with E-state index >= 15 is 0 Å². The van der Waals surface area contributed by atoms with Crippen LogP contribution < -0.4 is 5.46 Å². The maximum absolute atomic E-state index is 8.84. The molecule has 70 valence electrons. The van der Waals surface area contributed by atoms with Gasteiger partial charge < -0.3 is 10.0 Å². The molecule has 1 rings (SSSR count). The number of benzene rings is 1. The third-order valence-corrected chi connectivity index (χ3v) is 4.10. The Morgan fingerprint density at radius 3 is 2.15 bits per heavy atom. The number of halogens is 2. The highest BCUT2D eigenvalue weighted by Gasteiger charge is 2.11. The third-order valence-electron chi connectivity index (χ3n) is 1.73. The van der Waals surface area contributed by atoms with Gasteiger partial charge in [0.15, 0.2) is 0 Å². The average molecular weight is 308 g/mol. The van der Waals surface area contributed by atoms with Crippen LogP contribution in [0, 0.1) is 0 Å². The first-order valence-electron chi connectivity index (χ1n) is 3.81. The fourth-order valence-corrected chi connectivity index (χ4v) is 1.65. The lowest BCUT2D eigenvalue weighted by Crippen LogP contribution is -2.29. The molecule has 0 saturated heterocycles. The quantitative estimate of drug-likeness (QED) is 0.651. The molecule has 13 heavy (non-hydrogen) atoms. The third kappa shape index (κ3) is 3.09. The Labute approximate surface area is 94.4 Å². The number of alkyl halides is 2. The largest absolute Gasteiger partial charge is 0.488 e. The topological polar surface area (TPSA) is 40.5 Å². The van der Waals surface area contributed by atoms with Crippen LogP contribution in [0.25, 0.3) is 0 Å². The first-order valence-corrected chi connectivity index (χ1v) is 5.85. The summed E-state index contributed by atoms with van der Waals surface area (Å²) in [5.74, 6) is 0. The van der Waals surface area contributed by atoms with Gasteiger partial charge in [-0.15, -0.1) is 0 Å². The zero-order valence-electron chi connectivity index (χ0n) is 6.82. The summed E-state index contributed by atoms with van der Waals surface area (Å²) in [7, 11) is -1.38. The molecule has 5 heteroatoms. The van der Waals surface area contributed by atoms with Gasteiger partial charge in [-0.1, -0.05) is 56.1 Å². The van der Waals surface area contributed by atoms with Crippen molar-refractivity contribution in [2.75, 3.05) is 5.33 Å². The monoisotopic (exact) mass is 306 g/mol. The molecule has 1 aromatic carbocycles. The van der Waals surface area contributed by atoms with Crippen LogP contribution >= 0.6 is 31.9 Å². The van der Waals surface area contributed by atoms with Crippen molar-refractivity contribution >= 4 is 44.4 Å². The number of rotatable bonds is 3. The van der Waals surface area contributed by atoms with Crippen molar-refractivity contribution in [3.8, 4) is 0 Å². The maximum atomic E-state index is 8.84. The summed E-state index contributed by atoms with van der Waals surface area (Å²) in [4.78, 5) is 0.261. The predicted molar refractivity (Wildman–Crippen MR) is 61.7 cm³/mol. The van der Waals surface area contributed by atoms with E-state index in [0.29, 0.717) is 5.46 Å². The summed E-state index contributed by atoms with van der Waals surface area (Å²) in [6, 6.07) is 7.15. The van der Waals surface area contributed by atoms with E-state index in [-0.39, 0.29) is 4.83 Å². The highest BCUT2D eigenvalue weighted by Crippen LogP contribution is 2.23. The van der Waals surface area contributed by atoms with Crippen LogP contribution in [0.2, 0.25) is 0 Å². The number of hydrogen-bond donors (Lipinski definition) is 2. The zero-order chi connectivity index (χ0) is 9.84. The fraction of sp³-hybridized carbons (Fsp3) is 0.250. The minimum absolute atomic E-state index is 0.261. The second-order valence-electron chi connectivity index (χ2n) is 2.66. The maximum Gasteiger partial charge on any atom is 0.488 e. The molecular weight excluding hydrogens is 299 g/mol. The lowest BCUT2D eigenvalue weighted by Gasteiger charge is -2.06. The van der Waals surface area contributed by atoms with Crippen molar-refractivity contribution in [3.63, 3.8) is 0 Å². The SMILES string of the molecule is OB(O)c1ccc([C@@H](Br)CBr)cc1. The normalized spacial score (nSPS) is 12.6. The molecule has 2 N–H and O–H groups in total. The molecule has 0 radical (unpaired) electrons. The van der Waals surface area contributed by atoms with Gasteiger partial charge in [-0.2, -0.15) is 0 Å². The molecule has 0 amide bonds. The van der Waals surface area contributed by atoms with Crippen LogP contribution in [0.4, 0.5) is 0 Å². The lowest BCUT2D eigenvalue weighted by atomic mass is 9.80. The van der Waals surface area contributed by atoms with E-state index in [1.54, 1.807) is 12.1 Å². The van der Waals surface area contributed by atoms with Gasteiger partial charge in [-0.05, 0) is 11.0 Å². The van der Waals surface area contributed by atoms with Gasteiger partial charge in [-0.3, -0.25) is 0 Å². The van der Waals surface area contributed by atoms with Crippen LogP contribution in [0.5, 0.6) is 0 Å². The summed E-state index contributed by atoms with van der Waals surface area (Å²) in [6.07, 6.45) is 0. The second-order valence-corrected chi connectivity index (χ2v) is 4.41. The van der Waals surface area contributed by atoms with Crippen molar-refractivity contribution in [2.45, 2.75) is 4.83 Å². The molecule has 1 aromatic rings. The van der Waals surface area contributed by atoms with E-state index in [1.807, 2.05) is 12.1 Å². The Morgan fingerprint density at radius 2 is 1.77 bits per heavy atom. The molecule has 0 heterocycles. The van der Waals surface area contributed by atoms with Crippen molar-refractivity contribution in [2.24, 2.45) is 0 Å². The minimum Gasteiger partial charge on any atom is -0.423 e. The summed E-state index contributed by atoms with van der Waals surface area (Å²) >= 11 is 6.83. The summed E-state index contributed by atoms with van der Waals surface area (Å²) in [6.45, 7) is 0. The molecule has 0 unspecified atom stereocenters. The van der Waals surface area contributed by atoms with E-state index in [4.69, 9.17) is 10.0 Å². The average Bonchev–Trinajstić information content (AvgIpc) is 2.17. The summed E-state index contributed by atoms with van der Waals surface area (Å²) in [5.41, 5.74) is 1.62. The second kappa shape index (κ2) is 5.15. The molecule has 2 nitrogen and oxygen atoms in total. The van der Waals surface area contributed by atoms with Crippen molar-refractivity contribution in [1.29, 1.82) is 0 Å². The zero-order valence-corrected chi connectivity index (χ0v) is 9.99. The Bertz CT molecular complexity index is 263. The van der Waals surface area contributed by atoms with Gasteiger partial charge in [0.1, 0.15) is 0 Å². The van der Waals surface area contributed by atoms with Crippen LogP contribution in [0.15, 0.2) is 24.3 Å². The first-order chi connectivity index (χ1) is 6.15. The standard InChI is InChI=1S/C8H9BBr2O2/c10-5-8(11)6-1-3-7(4-2-6)9(12)13/h1-4,8,12-13H,5H2/t8-/m0/s1. The van der Waals surface area contributed by atoms with E-state index in [1.165, 1.54) is 0 Å². The molecule has 0 fully saturated rings. The van der Waals surface area contributed by atoms with Crippen LogP contribution in [0.1, 0.15) is 10.4 Å². The molecule has 0 aliphatic rings. The Morgan fingerprint density at radius 1 is 1.23 bits per heavy atom. The fourth-order valence-electron chi connectivity index (χ4n) is 0.966. The molecule has 0 aliphatic heterocycles. The van der Waals surface area contributed by atoms with Crippen molar-refractivity contribution < 1.29 is 10.0 Å². The Balaban J connectivity index is 2.81. The molecule has 1 atom stereocenters. The van der Waals surface area contributed by atoms with Crippen LogP contribution in [-0.4, -0.2) is 22.5 Å². The first kappa shape index (κ1) is 11.2. The van der Waals surface area contributed by atoms with Crippen molar-refractivity contribution in [1.82, 2.24) is 0 Å². The molecule has 0 aliphatic carbocycles. The lowest BCUT2D eigenvalue weighted by molar-refractivity contribution is 0.426. The smallest absolute Gasteiger partial charge is 0.423 e. The Kier molecular flexibility index (Phi) is 4.45. The van der Waals surface area contributed by atoms with E-state index in [0.717, 1.165) is 10.9 Å². The summed E-state index contributed by atoms with van der Waals surface area (Å²) < 4.78 is 0.